The van der Waals surface area contributed by atoms with Crippen molar-refractivity contribution in [2.24, 2.45) is 5.92 Å². The maximum atomic E-state index is 13.9. The minimum atomic E-state index is -4.50. The van der Waals surface area contributed by atoms with Crippen LogP contribution in [0.25, 0.3) is 11.1 Å². The second-order valence-corrected chi connectivity index (χ2v) is 12.5. The normalized spacial score (nSPS) is 13.7. The number of sulfone groups is 1. The van der Waals surface area contributed by atoms with E-state index >= 15 is 0 Å². The van der Waals surface area contributed by atoms with Gasteiger partial charge in [0.05, 0.1) is 22.6 Å². The third-order valence-electron chi connectivity index (χ3n) is 7.74. The minimum Gasteiger partial charge on any atom is -0.493 e. The number of nitrogens with zero attached hydrogens (tertiary/aromatic N) is 3. The molecule has 4 aromatic rings. The first kappa shape index (κ1) is 29.7. The number of benzene rings is 3. The minimum absolute atomic E-state index is 0.0831. The number of aryl methyl sites for hydroxylation is 1. The zero-order chi connectivity index (χ0) is 30.7. The SMILES string of the molecule is CCCCc1nc(=O)c(S(=O)(=O)c2ccc(-c3ccccc3C(=O)NC)cc2)c(O)n1[C@H](c1cccc(C#N)c1)C1CC1. The number of amides is 1. The first-order chi connectivity index (χ1) is 20.7. The van der Waals surface area contributed by atoms with E-state index in [9.17, 15) is 28.4 Å². The van der Waals surface area contributed by atoms with Crippen molar-refractivity contribution < 1.29 is 18.3 Å². The largest absolute Gasteiger partial charge is 0.493 e. The fourth-order valence-electron chi connectivity index (χ4n) is 5.42. The molecule has 1 aliphatic rings. The third kappa shape index (κ3) is 5.81. The predicted octanol–water partition coefficient (Wildman–Crippen LogP) is 5.02. The zero-order valence-electron chi connectivity index (χ0n) is 23.9. The average Bonchev–Trinajstić information content (AvgIpc) is 3.86. The summed E-state index contributed by atoms with van der Waals surface area (Å²) >= 11 is 0. The molecule has 0 bridgehead atoms. The van der Waals surface area contributed by atoms with E-state index in [1.54, 1.807) is 54.6 Å². The monoisotopic (exact) mass is 596 g/mol. The van der Waals surface area contributed by atoms with Gasteiger partial charge in [-0.25, -0.2) is 8.42 Å². The van der Waals surface area contributed by atoms with Crippen LogP contribution in [0.3, 0.4) is 0 Å². The summed E-state index contributed by atoms with van der Waals surface area (Å²) < 4.78 is 29.4. The summed E-state index contributed by atoms with van der Waals surface area (Å²) in [5.41, 5.74) is 1.82. The summed E-state index contributed by atoms with van der Waals surface area (Å²) in [5, 5.41) is 23.8. The molecule has 1 aromatic heterocycles. The molecule has 1 heterocycles. The van der Waals surface area contributed by atoms with E-state index in [-0.39, 0.29) is 16.7 Å². The molecule has 0 radical (unpaired) electrons. The number of hydrogen-bond acceptors (Lipinski definition) is 7. The number of rotatable bonds is 10. The zero-order valence-corrected chi connectivity index (χ0v) is 24.8. The molecule has 1 fully saturated rings. The quantitative estimate of drug-likeness (QED) is 0.262. The number of carbonyl (C=O) groups is 1. The highest BCUT2D eigenvalue weighted by molar-refractivity contribution is 7.91. The van der Waals surface area contributed by atoms with Crippen LogP contribution < -0.4 is 10.9 Å². The van der Waals surface area contributed by atoms with Gasteiger partial charge in [0.1, 0.15) is 5.82 Å². The number of hydrogen-bond donors (Lipinski definition) is 2. The highest BCUT2D eigenvalue weighted by atomic mass is 32.2. The van der Waals surface area contributed by atoms with Crippen LogP contribution in [0.5, 0.6) is 5.88 Å². The van der Waals surface area contributed by atoms with Crippen LogP contribution in [-0.4, -0.2) is 36.0 Å². The Balaban J connectivity index is 1.64. The summed E-state index contributed by atoms with van der Waals surface area (Å²) in [6.45, 7) is 1.99. The highest BCUT2D eigenvalue weighted by Gasteiger charge is 2.39. The Labute approximate surface area is 250 Å². The summed E-state index contributed by atoms with van der Waals surface area (Å²) in [4.78, 5) is 29.0. The van der Waals surface area contributed by atoms with Crippen LogP contribution in [0.4, 0.5) is 0 Å². The number of aromatic hydroxyl groups is 1. The molecule has 2 N–H and O–H groups in total. The van der Waals surface area contributed by atoms with Crippen molar-refractivity contribution in [1.82, 2.24) is 14.9 Å². The van der Waals surface area contributed by atoms with Crippen LogP contribution in [0.2, 0.25) is 0 Å². The maximum Gasteiger partial charge on any atom is 0.296 e. The molecule has 220 valence electrons. The van der Waals surface area contributed by atoms with Gasteiger partial charge >= 0.3 is 0 Å². The molecular formula is C33H32N4O5S. The lowest BCUT2D eigenvalue weighted by atomic mass is 9.99. The number of aromatic nitrogens is 2. The van der Waals surface area contributed by atoms with Crippen molar-refractivity contribution in [3.63, 3.8) is 0 Å². The molecule has 0 saturated heterocycles. The standard InChI is InChI=1S/C33H32N4O5S/c1-3-4-12-28-36-32(39)30(33(40)37(28)29(23-13-14-23)24-9-7-8-21(19-24)20-34)43(41,42)25-17-15-22(16-18-25)26-10-5-6-11-27(26)31(38)35-2/h5-11,15-19,23,29,40H,3-4,12-14H2,1-2H3,(H,35,38)/t29-/m0/s1. The van der Waals surface area contributed by atoms with Crippen LogP contribution in [0.1, 0.15) is 66.0 Å². The molecule has 1 aliphatic carbocycles. The molecule has 10 heteroatoms. The highest BCUT2D eigenvalue weighted by Crippen LogP contribution is 2.46. The molecule has 0 spiro atoms. The van der Waals surface area contributed by atoms with Crippen molar-refractivity contribution in [2.75, 3.05) is 7.05 Å². The van der Waals surface area contributed by atoms with Gasteiger partial charge in [0, 0.05) is 19.0 Å². The van der Waals surface area contributed by atoms with E-state index in [0.717, 1.165) is 24.8 Å². The van der Waals surface area contributed by atoms with Crippen molar-refractivity contribution in [1.29, 1.82) is 5.26 Å². The Bertz CT molecular complexity index is 1890. The number of carbonyl (C=O) groups excluding carboxylic acids is 1. The summed E-state index contributed by atoms with van der Waals surface area (Å²) in [5.74, 6) is -0.541. The van der Waals surface area contributed by atoms with Crippen LogP contribution in [0, 0.1) is 17.2 Å². The smallest absolute Gasteiger partial charge is 0.296 e. The van der Waals surface area contributed by atoms with E-state index in [2.05, 4.69) is 16.4 Å². The van der Waals surface area contributed by atoms with Crippen LogP contribution >= 0.6 is 0 Å². The lowest BCUT2D eigenvalue weighted by molar-refractivity contribution is 0.0963. The predicted molar refractivity (Wildman–Crippen MR) is 162 cm³/mol. The third-order valence-corrected chi connectivity index (χ3v) is 9.52. The molecule has 9 nitrogen and oxygen atoms in total. The van der Waals surface area contributed by atoms with Crippen molar-refractivity contribution in [3.05, 3.63) is 106 Å². The van der Waals surface area contributed by atoms with Gasteiger partial charge in [-0.15, -0.1) is 0 Å². The molecule has 5 rings (SSSR count). The molecule has 1 amide bonds. The van der Waals surface area contributed by atoms with Gasteiger partial charge in [-0.3, -0.25) is 14.2 Å². The fraction of sp³-hybridized carbons (Fsp3) is 0.273. The summed E-state index contributed by atoms with van der Waals surface area (Å²) in [6, 6.07) is 21.4. The molecular weight excluding hydrogens is 564 g/mol. The van der Waals surface area contributed by atoms with E-state index in [1.807, 2.05) is 13.0 Å². The second-order valence-electron chi connectivity index (χ2n) is 10.6. The van der Waals surface area contributed by atoms with Crippen LogP contribution in [0.15, 0.2) is 87.4 Å². The Morgan fingerprint density at radius 1 is 1.12 bits per heavy atom. The van der Waals surface area contributed by atoms with E-state index < -0.39 is 32.2 Å². The molecule has 1 atom stereocenters. The summed E-state index contributed by atoms with van der Waals surface area (Å²) in [6.07, 6.45) is 3.57. The van der Waals surface area contributed by atoms with Gasteiger partial charge in [-0.05, 0) is 72.2 Å². The lowest BCUT2D eigenvalue weighted by Gasteiger charge is -2.26. The molecule has 0 aliphatic heterocycles. The van der Waals surface area contributed by atoms with Crippen molar-refractivity contribution in [2.45, 2.75) is 54.9 Å². The molecule has 1 saturated carbocycles. The average molecular weight is 597 g/mol. The maximum absolute atomic E-state index is 13.9. The molecule has 0 unspecified atom stereocenters. The first-order valence-electron chi connectivity index (χ1n) is 14.2. The fourth-order valence-corrected chi connectivity index (χ4v) is 6.77. The van der Waals surface area contributed by atoms with E-state index in [1.165, 1.54) is 23.7 Å². The van der Waals surface area contributed by atoms with Gasteiger partial charge < -0.3 is 10.4 Å². The lowest BCUT2D eigenvalue weighted by Crippen LogP contribution is -2.28. The Morgan fingerprint density at radius 3 is 2.49 bits per heavy atom. The van der Waals surface area contributed by atoms with Gasteiger partial charge in [0.2, 0.25) is 15.7 Å². The van der Waals surface area contributed by atoms with E-state index in [0.29, 0.717) is 40.9 Å². The van der Waals surface area contributed by atoms with Crippen molar-refractivity contribution >= 4 is 15.7 Å². The Kier molecular flexibility index (Phi) is 8.46. The number of unbranched alkanes of at least 4 members (excludes halogenated alkanes) is 1. The number of nitriles is 1. The van der Waals surface area contributed by atoms with Gasteiger partial charge in [-0.2, -0.15) is 10.2 Å². The Morgan fingerprint density at radius 2 is 1.84 bits per heavy atom. The van der Waals surface area contributed by atoms with E-state index in [4.69, 9.17) is 0 Å². The van der Waals surface area contributed by atoms with Gasteiger partial charge in [0.25, 0.3) is 11.5 Å². The first-order valence-corrected chi connectivity index (χ1v) is 15.7. The molecule has 43 heavy (non-hydrogen) atoms. The topological polar surface area (TPSA) is 142 Å². The summed E-state index contributed by atoms with van der Waals surface area (Å²) in [7, 11) is -2.97. The Hall–Kier alpha value is -4.75. The second kappa shape index (κ2) is 12.2. The van der Waals surface area contributed by atoms with Crippen molar-refractivity contribution in [3.8, 4) is 23.1 Å². The van der Waals surface area contributed by atoms with Crippen LogP contribution in [-0.2, 0) is 16.3 Å². The van der Waals surface area contributed by atoms with Gasteiger partial charge in [0.15, 0.2) is 4.90 Å². The molecule has 3 aromatic carbocycles. The number of nitrogens with one attached hydrogen (secondary N) is 1. The van der Waals surface area contributed by atoms with Gasteiger partial charge in [-0.1, -0.05) is 55.8 Å².